The second-order valence-electron chi connectivity index (χ2n) is 8.07. The first-order chi connectivity index (χ1) is 18.6. The Hall–Kier alpha value is -4.74. The molecule has 198 valence electrons. The number of pyridine rings is 4. The maximum atomic E-state index is 13.1. The number of rotatable bonds is 15. The second-order valence-corrected chi connectivity index (χ2v) is 8.07. The monoisotopic (exact) mass is 520 g/mol. The van der Waals surface area contributed by atoms with Crippen molar-refractivity contribution < 1.29 is 8.78 Å². The molecule has 0 aliphatic carbocycles. The first kappa shape index (κ1) is 26.3. The predicted octanol–water partition coefficient (Wildman–Crippen LogP) is 4.12. The van der Waals surface area contributed by atoms with Crippen molar-refractivity contribution >= 4 is 34.9 Å². The SMILES string of the molecule is Fc1cccc(NCCNc2cccc(NCCNc3cccc(NCCNc4cccc(F)n4)n3)n2)n1. The van der Waals surface area contributed by atoms with E-state index in [1.807, 2.05) is 36.4 Å². The largest absolute Gasteiger partial charge is 0.368 e. The molecule has 0 aliphatic rings. The van der Waals surface area contributed by atoms with Crippen LogP contribution in [0.2, 0.25) is 0 Å². The molecule has 0 fully saturated rings. The fraction of sp³-hybridized carbons (Fsp3) is 0.231. The van der Waals surface area contributed by atoms with E-state index in [9.17, 15) is 8.78 Å². The van der Waals surface area contributed by atoms with E-state index in [2.05, 4.69) is 51.8 Å². The number of nitrogens with zero attached hydrogens (tertiary/aromatic N) is 4. The van der Waals surface area contributed by atoms with Crippen molar-refractivity contribution in [1.29, 1.82) is 0 Å². The van der Waals surface area contributed by atoms with Crippen LogP contribution < -0.4 is 31.9 Å². The molecule has 0 saturated carbocycles. The molecule has 4 heterocycles. The lowest BCUT2D eigenvalue weighted by Gasteiger charge is -2.12. The molecule has 0 saturated heterocycles. The molecule has 4 aromatic heterocycles. The Kier molecular flexibility index (Phi) is 9.78. The van der Waals surface area contributed by atoms with Crippen LogP contribution in [0.4, 0.5) is 43.7 Å². The van der Waals surface area contributed by atoms with Gasteiger partial charge < -0.3 is 31.9 Å². The summed E-state index contributed by atoms with van der Waals surface area (Å²) in [6.45, 7) is 3.64. The smallest absolute Gasteiger partial charge is 0.214 e. The van der Waals surface area contributed by atoms with Gasteiger partial charge in [0, 0.05) is 39.3 Å². The van der Waals surface area contributed by atoms with Crippen LogP contribution in [0.1, 0.15) is 0 Å². The van der Waals surface area contributed by atoms with Gasteiger partial charge in [0.25, 0.3) is 0 Å². The third-order valence-corrected chi connectivity index (χ3v) is 5.14. The second kappa shape index (κ2) is 14.1. The zero-order valence-electron chi connectivity index (χ0n) is 20.7. The third kappa shape index (κ3) is 9.04. The number of nitrogens with one attached hydrogen (secondary N) is 6. The van der Waals surface area contributed by atoms with E-state index in [-0.39, 0.29) is 0 Å². The Morgan fingerprint density at radius 3 is 0.868 bits per heavy atom. The van der Waals surface area contributed by atoms with Gasteiger partial charge in [0.15, 0.2) is 0 Å². The van der Waals surface area contributed by atoms with Crippen LogP contribution in [0.15, 0.2) is 72.8 Å². The summed E-state index contributed by atoms with van der Waals surface area (Å²) in [7, 11) is 0. The average Bonchev–Trinajstić information content (AvgIpc) is 2.92. The molecule has 4 aromatic rings. The summed E-state index contributed by atoms with van der Waals surface area (Å²) in [5.41, 5.74) is 0. The van der Waals surface area contributed by atoms with Crippen LogP contribution in [0, 0.1) is 11.9 Å². The van der Waals surface area contributed by atoms with Gasteiger partial charge in [0.1, 0.15) is 34.9 Å². The fourth-order valence-corrected chi connectivity index (χ4v) is 3.42. The van der Waals surface area contributed by atoms with Crippen LogP contribution in [0.25, 0.3) is 0 Å². The van der Waals surface area contributed by atoms with Crippen molar-refractivity contribution in [2.75, 3.05) is 71.2 Å². The molecular weight excluding hydrogens is 490 g/mol. The van der Waals surface area contributed by atoms with E-state index in [1.165, 1.54) is 12.1 Å². The summed E-state index contributed by atoms with van der Waals surface area (Å²) in [5.74, 6) is 2.94. The summed E-state index contributed by atoms with van der Waals surface area (Å²) in [6, 6.07) is 20.7. The normalized spacial score (nSPS) is 10.5. The van der Waals surface area contributed by atoms with Crippen LogP contribution in [0.3, 0.4) is 0 Å². The zero-order chi connectivity index (χ0) is 26.4. The number of anilines is 6. The van der Waals surface area contributed by atoms with Crippen molar-refractivity contribution in [1.82, 2.24) is 19.9 Å². The maximum Gasteiger partial charge on any atom is 0.214 e. The van der Waals surface area contributed by atoms with Crippen molar-refractivity contribution in [3.63, 3.8) is 0 Å². The highest BCUT2D eigenvalue weighted by Crippen LogP contribution is 2.11. The minimum absolute atomic E-state index is 0.494. The lowest BCUT2D eigenvalue weighted by atomic mass is 10.4. The summed E-state index contributed by atoms with van der Waals surface area (Å²) in [6.07, 6.45) is 0. The Morgan fingerprint density at radius 1 is 0.368 bits per heavy atom. The van der Waals surface area contributed by atoms with Gasteiger partial charge in [-0.25, -0.2) is 19.9 Å². The Balaban J connectivity index is 1.12. The van der Waals surface area contributed by atoms with E-state index in [1.54, 1.807) is 24.3 Å². The Bertz CT molecular complexity index is 1190. The summed E-state index contributed by atoms with van der Waals surface area (Å²) < 4.78 is 26.3. The molecular formula is C26H30F2N10. The van der Waals surface area contributed by atoms with Crippen LogP contribution in [-0.4, -0.2) is 59.2 Å². The molecule has 0 spiro atoms. The average molecular weight is 521 g/mol. The Labute approximate surface area is 219 Å². The summed E-state index contributed by atoms with van der Waals surface area (Å²) in [5, 5.41) is 19.2. The first-order valence-electron chi connectivity index (χ1n) is 12.3. The van der Waals surface area contributed by atoms with E-state index < -0.39 is 11.9 Å². The van der Waals surface area contributed by atoms with Crippen molar-refractivity contribution in [2.45, 2.75) is 0 Å². The lowest BCUT2D eigenvalue weighted by Crippen LogP contribution is -2.17. The summed E-state index contributed by atoms with van der Waals surface area (Å²) >= 11 is 0. The van der Waals surface area contributed by atoms with Gasteiger partial charge in [0.2, 0.25) is 11.9 Å². The van der Waals surface area contributed by atoms with Crippen LogP contribution in [-0.2, 0) is 0 Å². The molecule has 0 atom stereocenters. The topological polar surface area (TPSA) is 124 Å². The van der Waals surface area contributed by atoms with Gasteiger partial charge in [0.05, 0.1) is 0 Å². The minimum Gasteiger partial charge on any atom is -0.368 e. The van der Waals surface area contributed by atoms with Crippen molar-refractivity contribution in [2.24, 2.45) is 0 Å². The molecule has 0 radical (unpaired) electrons. The van der Waals surface area contributed by atoms with E-state index in [0.29, 0.717) is 50.9 Å². The number of halogens is 2. The number of hydrogen-bond donors (Lipinski definition) is 6. The highest BCUT2D eigenvalue weighted by Gasteiger charge is 2.01. The molecule has 0 aromatic carbocycles. The van der Waals surface area contributed by atoms with Gasteiger partial charge >= 0.3 is 0 Å². The van der Waals surface area contributed by atoms with E-state index >= 15 is 0 Å². The molecule has 0 amide bonds. The van der Waals surface area contributed by atoms with Gasteiger partial charge in [-0.1, -0.05) is 24.3 Å². The molecule has 0 aliphatic heterocycles. The van der Waals surface area contributed by atoms with Crippen LogP contribution >= 0.6 is 0 Å². The zero-order valence-corrected chi connectivity index (χ0v) is 20.7. The van der Waals surface area contributed by atoms with Gasteiger partial charge in [-0.3, -0.25) is 0 Å². The minimum atomic E-state index is -0.511. The lowest BCUT2D eigenvalue weighted by molar-refractivity contribution is 0.584. The maximum absolute atomic E-state index is 13.1. The van der Waals surface area contributed by atoms with E-state index in [0.717, 1.165) is 23.3 Å². The van der Waals surface area contributed by atoms with Gasteiger partial charge in [-0.05, 0) is 48.5 Å². The fourth-order valence-electron chi connectivity index (χ4n) is 3.42. The predicted molar refractivity (Wildman–Crippen MR) is 148 cm³/mol. The number of aromatic nitrogens is 4. The highest BCUT2D eigenvalue weighted by molar-refractivity contribution is 5.47. The van der Waals surface area contributed by atoms with Gasteiger partial charge in [-0.2, -0.15) is 8.78 Å². The standard InChI is InChI=1S/C26H30F2N10/c27-19-5-1-7-21(35-19)29-13-15-31-23-9-3-11-25(37-23)33-17-18-34-26-12-4-10-24(38-26)32-16-14-30-22-8-2-6-20(28)36-22/h1-12H,13-18H2,(H,29,35)(H,30,36)(H2,31,33,37)(H2,32,34,38). The molecule has 4 rings (SSSR count). The molecule has 12 heteroatoms. The molecule has 0 bridgehead atoms. The first-order valence-corrected chi connectivity index (χ1v) is 12.3. The molecule has 38 heavy (non-hydrogen) atoms. The molecule has 6 N–H and O–H groups in total. The van der Waals surface area contributed by atoms with E-state index in [4.69, 9.17) is 0 Å². The Morgan fingerprint density at radius 2 is 0.605 bits per heavy atom. The quantitative estimate of drug-likeness (QED) is 0.101. The number of hydrogen-bond acceptors (Lipinski definition) is 10. The highest BCUT2D eigenvalue weighted by atomic mass is 19.1. The van der Waals surface area contributed by atoms with Crippen molar-refractivity contribution in [3.8, 4) is 0 Å². The third-order valence-electron chi connectivity index (χ3n) is 5.14. The molecule has 10 nitrogen and oxygen atoms in total. The van der Waals surface area contributed by atoms with Gasteiger partial charge in [-0.15, -0.1) is 0 Å². The summed E-state index contributed by atoms with van der Waals surface area (Å²) in [4.78, 5) is 16.6. The van der Waals surface area contributed by atoms with Crippen LogP contribution in [0.5, 0.6) is 0 Å². The molecule has 0 unspecified atom stereocenters. The van der Waals surface area contributed by atoms with Crippen molar-refractivity contribution in [3.05, 3.63) is 84.7 Å².